The maximum atomic E-state index is 13.8. The van der Waals surface area contributed by atoms with Crippen molar-refractivity contribution in [1.82, 2.24) is 14.6 Å². The zero-order valence-electron chi connectivity index (χ0n) is 8.64. The molecule has 0 amide bonds. The van der Waals surface area contributed by atoms with Gasteiger partial charge < -0.3 is 0 Å². The summed E-state index contributed by atoms with van der Waals surface area (Å²) in [5, 5.41) is 4.48. The van der Waals surface area contributed by atoms with E-state index >= 15 is 0 Å². The molecule has 1 aromatic carbocycles. The van der Waals surface area contributed by atoms with Crippen molar-refractivity contribution in [3.8, 4) is 11.1 Å². The Labute approximate surface area is 101 Å². The zero-order chi connectivity index (χ0) is 11.8. The fourth-order valence-corrected chi connectivity index (χ4v) is 1.88. The van der Waals surface area contributed by atoms with Gasteiger partial charge in [0.25, 0.3) is 0 Å². The molecule has 2 heterocycles. The number of hydrogen-bond acceptors (Lipinski definition) is 2. The summed E-state index contributed by atoms with van der Waals surface area (Å²) >= 11 is 5.72. The lowest BCUT2D eigenvalue weighted by Gasteiger charge is -2.01. The SMILES string of the molecule is Fc1cc(Cl)ccc1-c1cnn2cccnc12. The Bertz CT molecular complexity index is 693. The Morgan fingerprint density at radius 2 is 2.12 bits per heavy atom. The summed E-state index contributed by atoms with van der Waals surface area (Å²) in [6.45, 7) is 0. The van der Waals surface area contributed by atoms with E-state index in [1.807, 2.05) is 0 Å². The number of hydrogen-bond donors (Lipinski definition) is 0. The molecule has 3 nitrogen and oxygen atoms in total. The molecule has 0 saturated heterocycles. The van der Waals surface area contributed by atoms with E-state index in [1.165, 1.54) is 6.07 Å². The first-order valence-electron chi connectivity index (χ1n) is 4.99. The third kappa shape index (κ3) is 1.66. The van der Waals surface area contributed by atoms with E-state index in [1.54, 1.807) is 41.3 Å². The molecule has 84 valence electrons. The highest BCUT2D eigenvalue weighted by molar-refractivity contribution is 6.30. The molecule has 0 aliphatic rings. The van der Waals surface area contributed by atoms with E-state index in [2.05, 4.69) is 10.1 Å². The van der Waals surface area contributed by atoms with Crippen LogP contribution in [0.25, 0.3) is 16.8 Å². The molecular weight excluding hydrogens is 241 g/mol. The van der Waals surface area contributed by atoms with Gasteiger partial charge in [-0.15, -0.1) is 0 Å². The fourth-order valence-electron chi connectivity index (χ4n) is 1.73. The lowest BCUT2D eigenvalue weighted by Crippen LogP contribution is -1.89. The van der Waals surface area contributed by atoms with E-state index in [0.717, 1.165) is 0 Å². The summed E-state index contributed by atoms with van der Waals surface area (Å²) in [5.41, 5.74) is 1.72. The number of halogens is 2. The topological polar surface area (TPSA) is 30.2 Å². The molecule has 5 heteroatoms. The number of nitrogens with zero attached hydrogens (tertiary/aromatic N) is 3. The zero-order valence-corrected chi connectivity index (χ0v) is 9.39. The van der Waals surface area contributed by atoms with Crippen molar-refractivity contribution in [2.75, 3.05) is 0 Å². The van der Waals surface area contributed by atoms with Crippen LogP contribution in [0.1, 0.15) is 0 Å². The molecule has 3 rings (SSSR count). The molecule has 0 bridgehead atoms. The Hall–Kier alpha value is -1.94. The quantitative estimate of drug-likeness (QED) is 0.661. The van der Waals surface area contributed by atoms with Crippen LogP contribution in [-0.2, 0) is 0 Å². The Morgan fingerprint density at radius 3 is 2.94 bits per heavy atom. The average molecular weight is 248 g/mol. The van der Waals surface area contributed by atoms with Crippen LogP contribution < -0.4 is 0 Å². The molecule has 0 spiro atoms. The van der Waals surface area contributed by atoms with Gasteiger partial charge in [0.05, 0.1) is 6.20 Å². The Kier molecular flexibility index (Phi) is 2.30. The maximum Gasteiger partial charge on any atom is 0.162 e. The highest BCUT2D eigenvalue weighted by Gasteiger charge is 2.11. The number of benzene rings is 1. The van der Waals surface area contributed by atoms with Gasteiger partial charge in [-0.3, -0.25) is 0 Å². The van der Waals surface area contributed by atoms with Crippen molar-refractivity contribution in [3.63, 3.8) is 0 Å². The molecule has 2 aromatic heterocycles. The summed E-state index contributed by atoms with van der Waals surface area (Å²) in [6.07, 6.45) is 5.00. The van der Waals surface area contributed by atoms with E-state index in [4.69, 9.17) is 11.6 Å². The summed E-state index contributed by atoms with van der Waals surface area (Å²) < 4.78 is 15.4. The summed E-state index contributed by atoms with van der Waals surface area (Å²) in [7, 11) is 0. The molecule has 17 heavy (non-hydrogen) atoms. The van der Waals surface area contributed by atoms with Gasteiger partial charge in [0.15, 0.2) is 5.65 Å². The van der Waals surface area contributed by atoms with E-state index in [0.29, 0.717) is 21.8 Å². The van der Waals surface area contributed by atoms with Gasteiger partial charge in [-0.25, -0.2) is 13.9 Å². The van der Waals surface area contributed by atoms with Gasteiger partial charge in [0, 0.05) is 28.5 Å². The summed E-state index contributed by atoms with van der Waals surface area (Å²) in [6, 6.07) is 6.32. The predicted molar refractivity (Wildman–Crippen MR) is 63.4 cm³/mol. The molecule has 0 unspecified atom stereocenters. The number of rotatable bonds is 1. The van der Waals surface area contributed by atoms with Crippen LogP contribution in [0.3, 0.4) is 0 Å². The summed E-state index contributed by atoms with van der Waals surface area (Å²) in [4.78, 5) is 4.18. The molecule has 0 aliphatic carbocycles. The molecule has 3 aromatic rings. The highest BCUT2D eigenvalue weighted by Crippen LogP contribution is 2.27. The second-order valence-electron chi connectivity index (χ2n) is 3.57. The number of aromatic nitrogens is 3. The van der Waals surface area contributed by atoms with Gasteiger partial charge in [-0.1, -0.05) is 11.6 Å². The van der Waals surface area contributed by atoms with Crippen molar-refractivity contribution in [3.05, 3.63) is 53.7 Å². The molecule has 0 atom stereocenters. The van der Waals surface area contributed by atoms with Crippen molar-refractivity contribution in [1.29, 1.82) is 0 Å². The van der Waals surface area contributed by atoms with Crippen LogP contribution in [0.15, 0.2) is 42.9 Å². The fraction of sp³-hybridized carbons (Fsp3) is 0. The van der Waals surface area contributed by atoms with Gasteiger partial charge in [0.2, 0.25) is 0 Å². The first-order chi connectivity index (χ1) is 8.25. The van der Waals surface area contributed by atoms with Crippen molar-refractivity contribution >= 4 is 17.2 Å². The van der Waals surface area contributed by atoms with Gasteiger partial charge in [0.1, 0.15) is 5.82 Å². The second-order valence-corrected chi connectivity index (χ2v) is 4.01. The smallest absolute Gasteiger partial charge is 0.162 e. The lowest BCUT2D eigenvalue weighted by atomic mass is 10.1. The molecule has 0 N–H and O–H groups in total. The normalized spacial score (nSPS) is 10.9. The molecular formula is C12H7ClFN3. The van der Waals surface area contributed by atoms with Crippen LogP contribution in [0.2, 0.25) is 5.02 Å². The van der Waals surface area contributed by atoms with Crippen LogP contribution in [-0.4, -0.2) is 14.6 Å². The lowest BCUT2D eigenvalue weighted by molar-refractivity contribution is 0.631. The number of fused-ring (bicyclic) bond motifs is 1. The molecule has 0 radical (unpaired) electrons. The third-order valence-corrected chi connectivity index (χ3v) is 2.74. The molecule has 0 aliphatic heterocycles. The van der Waals surface area contributed by atoms with Crippen molar-refractivity contribution < 1.29 is 4.39 Å². The van der Waals surface area contributed by atoms with Crippen LogP contribution >= 0.6 is 11.6 Å². The predicted octanol–water partition coefficient (Wildman–Crippen LogP) is 3.19. The maximum absolute atomic E-state index is 13.8. The standard InChI is InChI=1S/C12H7ClFN3/c13-8-2-3-9(11(14)6-8)10-7-16-17-5-1-4-15-12(10)17/h1-7H. The van der Waals surface area contributed by atoms with Crippen LogP contribution in [0.5, 0.6) is 0 Å². The minimum atomic E-state index is -0.377. The van der Waals surface area contributed by atoms with E-state index in [-0.39, 0.29) is 5.82 Å². The first kappa shape index (κ1) is 10.2. The largest absolute Gasteiger partial charge is 0.236 e. The molecule has 0 saturated carbocycles. The minimum absolute atomic E-state index is 0.371. The van der Waals surface area contributed by atoms with E-state index < -0.39 is 0 Å². The Balaban J connectivity index is 2.27. The van der Waals surface area contributed by atoms with Gasteiger partial charge >= 0.3 is 0 Å². The summed E-state index contributed by atoms with van der Waals surface area (Å²) in [5.74, 6) is -0.377. The average Bonchev–Trinajstić information content (AvgIpc) is 2.73. The first-order valence-corrected chi connectivity index (χ1v) is 5.37. The molecule has 0 fully saturated rings. The highest BCUT2D eigenvalue weighted by atomic mass is 35.5. The van der Waals surface area contributed by atoms with Crippen molar-refractivity contribution in [2.24, 2.45) is 0 Å². The van der Waals surface area contributed by atoms with Crippen molar-refractivity contribution in [2.45, 2.75) is 0 Å². The van der Waals surface area contributed by atoms with Crippen LogP contribution in [0, 0.1) is 5.82 Å². The van der Waals surface area contributed by atoms with Crippen LogP contribution in [0.4, 0.5) is 4.39 Å². The second kappa shape index (κ2) is 3.82. The van der Waals surface area contributed by atoms with Gasteiger partial charge in [-0.2, -0.15) is 5.10 Å². The monoisotopic (exact) mass is 247 g/mol. The van der Waals surface area contributed by atoms with E-state index in [9.17, 15) is 4.39 Å². The minimum Gasteiger partial charge on any atom is -0.236 e. The van der Waals surface area contributed by atoms with Gasteiger partial charge in [-0.05, 0) is 24.3 Å². The third-order valence-electron chi connectivity index (χ3n) is 2.50. The Morgan fingerprint density at radius 1 is 1.24 bits per heavy atom.